The molecule has 0 unspecified atom stereocenters. The second-order valence-corrected chi connectivity index (χ2v) is 6.33. The van der Waals surface area contributed by atoms with Gasteiger partial charge in [-0.05, 0) is 74.4 Å². The van der Waals surface area contributed by atoms with Gasteiger partial charge in [0.05, 0.1) is 10.2 Å². The van der Waals surface area contributed by atoms with E-state index in [-0.39, 0.29) is 11.3 Å². The lowest BCUT2D eigenvalue weighted by Crippen LogP contribution is -2.14. The van der Waals surface area contributed by atoms with Gasteiger partial charge in [0.1, 0.15) is 17.4 Å². The van der Waals surface area contributed by atoms with Gasteiger partial charge >= 0.3 is 0 Å². The molecule has 1 amide bonds. The third-order valence-electron chi connectivity index (χ3n) is 2.77. The minimum Gasteiger partial charge on any atom is -0.507 e. The maximum Gasteiger partial charge on any atom is 0.266 e. The number of halogens is 2. The predicted molar refractivity (Wildman–Crippen MR) is 97.2 cm³/mol. The van der Waals surface area contributed by atoms with E-state index in [4.69, 9.17) is 0 Å². The van der Waals surface area contributed by atoms with Crippen molar-refractivity contribution in [3.8, 4) is 11.8 Å². The van der Waals surface area contributed by atoms with Crippen LogP contribution in [0.25, 0.3) is 6.08 Å². The molecule has 0 atom stereocenters. The molecule has 0 fully saturated rings. The Kier molecular flexibility index (Phi) is 5.57. The van der Waals surface area contributed by atoms with E-state index in [9.17, 15) is 15.2 Å². The van der Waals surface area contributed by atoms with E-state index < -0.39 is 5.91 Å². The number of anilines is 1. The Hall–Kier alpha value is -1.85. The predicted octanol–water partition coefficient (Wildman–Crippen LogP) is 4.30. The van der Waals surface area contributed by atoms with Crippen LogP contribution >= 0.6 is 38.5 Å². The van der Waals surface area contributed by atoms with E-state index >= 15 is 0 Å². The van der Waals surface area contributed by atoms with Crippen molar-refractivity contribution in [3.05, 3.63) is 61.6 Å². The first kappa shape index (κ1) is 16.5. The number of nitriles is 1. The van der Waals surface area contributed by atoms with Crippen LogP contribution in [0.4, 0.5) is 5.69 Å². The number of phenols is 1. The van der Waals surface area contributed by atoms with Crippen LogP contribution in [0.1, 0.15) is 5.56 Å². The number of benzene rings is 2. The molecule has 0 saturated carbocycles. The van der Waals surface area contributed by atoms with Gasteiger partial charge in [0, 0.05) is 3.57 Å². The van der Waals surface area contributed by atoms with E-state index in [1.807, 2.05) is 24.3 Å². The van der Waals surface area contributed by atoms with Crippen LogP contribution in [0.5, 0.6) is 5.75 Å². The number of nitrogens with one attached hydrogen (secondary N) is 1. The standard InChI is InChI=1S/C16H10BrIN2O2/c17-12-8-10(5-6-15(12)21)7-11(9-19)16(22)20-14-4-2-1-3-13(14)18/h1-8,21H,(H,20,22)/b11-7-. The molecule has 0 bridgehead atoms. The maximum atomic E-state index is 12.2. The second-order valence-electron chi connectivity index (χ2n) is 4.31. The van der Waals surface area contributed by atoms with Crippen LogP contribution in [0, 0.1) is 14.9 Å². The zero-order chi connectivity index (χ0) is 16.1. The smallest absolute Gasteiger partial charge is 0.266 e. The molecule has 0 radical (unpaired) electrons. The highest BCUT2D eigenvalue weighted by Gasteiger charge is 2.11. The van der Waals surface area contributed by atoms with Gasteiger partial charge in [0.25, 0.3) is 5.91 Å². The van der Waals surface area contributed by atoms with Gasteiger partial charge in [0.15, 0.2) is 0 Å². The monoisotopic (exact) mass is 468 g/mol. The summed E-state index contributed by atoms with van der Waals surface area (Å²) in [6.07, 6.45) is 1.47. The van der Waals surface area contributed by atoms with Gasteiger partial charge in [-0.1, -0.05) is 18.2 Å². The van der Waals surface area contributed by atoms with Crippen molar-refractivity contribution in [1.82, 2.24) is 0 Å². The van der Waals surface area contributed by atoms with Crippen LogP contribution < -0.4 is 5.32 Å². The molecule has 6 heteroatoms. The highest BCUT2D eigenvalue weighted by Crippen LogP contribution is 2.25. The molecule has 0 aliphatic heterocycles. The number of amides is 1. The van der Waals surface area contributed by atoms with Crippen LogP contribution in [-0.2, 0) is 4.79 Å². The normalized spacial score (nSPS) is 10.9. The molecule has 0 aliphatic carbocycles. The molecule has 2 N–H and O–H groups in total. The zero-order valence-corrected chi connectivity index (χ0v) is 14.9. The molecule has 2 rings (SSSR count). The van der Waals surface area contributed by atoms with Crippen LogP contribution in [0.15, 0.2) is 52.5 Å². The number of nitrogens with zero attached hydrogens (tertiary/aromatic N) is 1. The lowest BCUT2D eigenvalue weighted by molar-refractivity contribution is -0.112. The van der Waals surface area contributed by atoms with Crippen molar-refractivity contribution < 1.29 is 9.90 Å². The summed E-state index contributed by atoms with van der Waals surface area (Å²) in [5.74, 6) is -0.380. The van der Waals surface area contributed by atoms with E-state index in [1.165, 1.54) is 12.1 Å². The Bertz CT molecular complexity index is 797. The average molecular weight is 469 g/mol. The fourth-order valence-corrected chi connectivity index (χ4v) is 2.60. The van der Waals surface area contributed by atoms with Gasteiger partial charge in [-0.3, -0.25) is 4.79 Å². The van der Waals surface area contributed by atoms with Crippen molar-refractivity contribution in [2.45, 2.75) is 0 Å². The van der Waals surface area contributed by atoms with Crippen LogP contribution in [0.3, 0.4) is 0 Å². The number of para-hydroxylation sites is 1. The largest absolute Gasteiger partial charge is 0.507 e. The first-order valence-electron chi connectivity index (χ1n) is 6.17. The Morgan fingerprint density at radius 1 is 1.32 bits per heavy atom. The third-order valence-corrected chi connectivity index (χ3v) is 4.35. The van der Waals surface area contributed by atoms with Crippen molar-refractivity contribution in [3.63, 3.8) is 0 Å². The Labute approximate surface area is 149 Å². The van der Waals surface area contributed by atoms with Crippen molar-refractivity contribution in [2.75, 3.05) is 5.32 Å². The number of aromatic hydroxyl groups is 1. The van der Waals surface area contributed by atoms with Gasteiger partial charge in [0.2, 0.25) is 0 Å². The Balaban J connectivity index is 2.26. The number of rotatable bonds is 3. The first-order chi connectivity index (χ1) is 10.5. The third kappa shape index (κ3) is 4.08. The number of phenolic OH excluding ortho intramolecular Hbond substituents is 1. The highest BCUT2D eigenvalue weighted by atomic mass is 127. The summed E-state index contributed by atoms with van der Waals surface area (Å²) in [6.45, 7) is 0. The number of hydrogen-bond acceptors (Lipinski definition) is 3. The van der Waals surface area contributed by atoms with Gasteiger partial charge in [-0.2, -0.15) is 5.26 Å². The summed E-state index contributed by atoms with van der Waals surface area (Å²) in [7, 11) is 0. The van der Waals surface area contributed by atoms with Gasteiger partial charge in [-0.25, -0.2) is 0 Å². The summed E-state index contributed by atoms with van der Waals surface area (Å²) in [4.78, 5) is 12.2. The Morgan fingerprint density at radius 2 is 2.05 bits per heavy atom. The summed E-state index contributed by atoms with van der Waals surface area (Å²) < 4.78 is 1.38. The van der Waals surface area contributed by atoms with Crippen molar-refractivity contribution >= 4 is 56.2 Å². The molecule has 22 heavy (non-hydrogen) atoms. The molecule has 0 aliphatic rings. The molecule has 0 heterocycles. The zero-order valence-electron chi connectivity index (χ0n) is 11.2. The molecule has 110 valence electrons. The highest BCUT2D eigenvalue weighted by molar-refractivity contribution is 14.1. The summed E-state index contributed by atoms with van der Waals surface area (Å²) in [6, 6.07) is 13.9. The number of carbonyl (C=O) groups excluding carboxylic acids is 1. The maximum absolute atomic E-state index is 12.2. The van der Waals surface area contributed by atoms with E-state index in [0.29, 0.717) is 15.7 Å². The first-order valence-corrected chi connectivity index (χ1v) is 8.04. The fourth-order valence-electron chi connectivity index (χ4n) is 1.68. The molecule has 0 aromatic heterocycles. The minimum atomic E-state index is -0.476. The van der Waals surface area contributed by atoms with Gasteiger partial charge in [-0.15, -0.1) is 0 Å². The minimum absolute atomic E-state index is 0.0164. The summed E-state index contributed by atoms with van der Waals surface area (Å²) in [5, 5.41) is 21.4. The van der Waals surface area contributed by atoms with E-state index in [0.717, 1.165) is 3.57 Å². The quantitative estimate of drug-likeness (QED) is 0.400. The topological polar surface area (TPSA) is 73.1 Å². The van der Waals surface area contributed by atoms with Crippen molar-refractivity contribution in [2.24, 2.45) is 0 Å². The molecule has 2 aromatic rings. The van der Waals surface area contributed by atoms with Crippen LogP contribution in [-0.4, -0.2) is 11.0 Å². The molecular formula is C16H10BrIN2O2. The molecule has 0 spiro atoms. The van der Waals surface area contributed by atoms with Crippen molar-refractivity contribution in [1.29, 1.82) is 5.26 Å². The number of hydrogen-bond donors (Lipinski definition) is 2. The lowest BCUT2D eigenvalue weighted by Gasteiger charge is -2.06. The average Bonchev–Trinajstić information content (AvgIpc) is 2.50. The Morgan fingerprint density at radius 3 is 2.68 bits per heavy atom. The van der Waals surface area contributed by atoms with E-state index in [2.05, 4.69) is 43.8 Å². The fraction of sp³-hybridized carbons (Fsp3) is 0. The van der Waals surface area contributed by atoms with Gasteiger partial charge < -0.3 is 10.4 Å². The number of carbonyl (C=O) groups is 1. The SMILES string of the molecule is N#C/C(=C/c1ccc(O)c(Br)c1)C(=O)Nc1ccccc1I. The molecule has 0 saturated heterocycles. The second kappa shape index (κ2) is 7.42. The summed E-state index contributed by atoms with van der Waals surface area (Å²) in [5.41, 5.74) is 1.28. The van der Waals surface area contributed by atoms with Crippen LogP contribution in [0.2, 0.25) is 0 Å². The molecular weight excluding hydrogens is 459 g/mol. The molecule has 2 aromatic carbocycles. The molecule has 4 nitrogen and oxygen atoms in total. The summed E-state index contributed by atoms with van der Waals surface area (Å²) >= 11 is 5.30. The van der Waals surface area contributed by atoms with E-state index in [1.54, 1.807) is 18.2 Å². The lowest BCUT2D eigenvalue weighted by atomic mass is 10.1.